The summed E-state index contributed by atoms with van der Waals surface area (Å²) in [5.74, 6) is 0.221. The number of hydrogen-bond donors (Lipinski definition) is 1. The molecule has 0 saturated heterocycles. The Bertz CT molecular complexity index is 905. The molecule has 4 nitrogen and oxygen atoms in total. The lowest BCUT2D eigenvalue weighted by molar-refractivity contribution is 0.0950. The van der Waals surface area contributed by atoms with E-state index in [-0.39, 0.29) is 5.91 Å². The van der Waals surface area contributed by atoms with E-state index in [4.69, 9.17) is 4.74 Å². The Morgan fingerprint density at radius 2 is 1.65 bits per heavy atom. The lowest BCUT2D eigenvalue weighted by Crippen LogP contribution is -2.18. The first-order valence-corrected chi connectivity index (χ1v) is 8.39. The second kappa shape index (κ2) is 8.62. The summed E-state index contributed by atoms with van der Waals surface area (Å²) in [6.45, 7) is 2.40. The molecule has 4 heteroatoms. The van der Waals surface area contributed by atoms with Gasteiger partial charge in [0, 0.05) is 0 Å². The molecular weight excluding hydrogens is 324 g/mol. The molecule has 0 heterocycles. The van der Waals surface area contributed by atoms with Crippen molar-refractivity contribution in [3.05, 3.63) is 101 Å². The SMILES string of the molecule is Cc1ccccc1/C=N/NC(=O)c1ccccc1OCc1ccccc1. The van der Waals surface area contributed by atoms with Gasteiger partial charge in [0.25, 0.3) is 5.91 Å². The molecule has 0 radical (unpaired) electrons. The van der Waals surface area contributed by atoms with Crippen molar-refractivity contribution in [2.75, 3.05) is 0 Å². The van der Waals surface area contributed by atoms with Crippen LogP contribution in [-0.2, 0) is 6.61 Å². The zero-order chi connectivity index (χ0) is 18.2. The zero-order valence-corrected chi connectivity index (χ0v) is 14.6. The summed E-state index contributed by atoms with van der Waals surface area (Å²) < 4.78 is 5.82. The third-order valence-electron chi connectivity index (χ3n) is 3.93. The lowest BCUT2D eigenvalue weighted by Gasteiger charge is -2.10. The molecule has 0 aliphatic carbocycles. The van der Waals surface area contributed by atoms with E-state index in [1.807, 2.05) is 67.6 Å². The number of aryl methyl sites for hydroxylation is 1. The molecule has 0 saturated carbocycles. The first kappa shape index (κ1) is 17.4. The standard InChI is InChI=1S/C22H20N2O2/c1-17-9-5-6-12-19(17)15-23-24-22(25)20-13-7-8-14-21(20)26-16-18-10-3-2-4-11-18/h2-15H,16H2,1H3,(H,24,25)/b23-15+. The third-order valence-corrected chi connectivity index (χ3v) is 3.93. The van der Waals surface area contributed by atoms with Crippen LogP contribution in [0.15, 0.2) is 84.0 Å². The van der Waals surface area contributed by atoms with Crippen molar-refractivity contribution < 1.29 is 9.53 Å². The number of nitrogens with one attached hydrogen (secondary N) is 1. The second-order valence-electron chi connectivity index (χ2n) is 5.83. The summed E-state index contributed by atoms with van der Waals surface area (Å²) in [5.41, 5.74) is 6.11. The fourth-order valence-electron chi connectivity index (χ4n) is 2.47. The average Bonchev–Trinajstić information content (AvgIpc) is 2.69. The predicted octanol–water partition coefficient (Wildman–Crippen LogP) is 4.34. The highest BCUT2D eigenvalue weighted by Crippen LogP contribution is 2.19. The molecule has 0 unspecified atom stereocenters. The molecule has 26 heavy (non-hydrogen) atoms. The Balaban J connectivity index is 1.67. The van der Waals surface area contributed by atoms with Gasteiger partial charge in [0.2, 0.25) is 0 Å². The van der Waals surface area contributed by atoms with Crippen molar-refractivity contribution >= 4 is 12.1 Å². The van der Waals surface area contributed by atoms with Gasteiger partial charge < -0.3 is 4.74 Å². The fraction of sp³-hybridized carbons (Fsp3) is 0.0909. The van der Waals surface area contributed by atoms with Gasteiger partial charge in [-0.2, -0.15) is 5.10 Å². The van der Waals surface area contributed by atoms with E-state index in [1.54, 1.807) is 24.4 Å². The van der Waals surface area contributed by atoms with Crippen LogP contribution in [0.25, 0.3) is 0 Å². The number of benzene rings is 3. The molecule has 0 bridgehead atoms. The van der Waals surface area contributed by atoms with Crippen molar-refractivity contribution in [3.63, 3.8) is 0 Å². The van der Waals surface area contributed by atoms with Gasteiger partial charge in [-0.1, -0.05) is 66.7 Å². The molecule has 0 fully saturated rings. The number of carbonyl (C=O) groups excluding carboxylic acids is 1. The van der Waals surface area contributed by atoms with Crippen LogP contribution in [0.5, 0.6) is 5.75 Å². The van der Waals surface area contributed by atoms with E-state index in [2.05, 4.69) is 10.5 Å². The minimum absolute atomic E-state index is 0.307. The highest BCUT2D eigenvalue weighted by atomic mass is 16.5. The van der Waals surface area contributed by atoms with Crippen molar-refractivity contribution in [2.24, 2.45) is 5.10 Å². The van der Waals surface area contributed by atoms with Gasteiger partial charge in [-0.3, -0.25) is 4.79 Å². The number of hydrazone groups is 1. The van der Waals surface area contributed by atoms with Gasteiger partial charge in [0.15, 0.2) is 0 Å². The first-order chi connectivity index (χ1) is 12.7. The normalized spacial score (nSPS) is 10.7. The molecule has 0 spiro atoms. The smallest absolute Gasteiger partial charge is 0.275 e. The Hall–Kier alpha value is -3.40. The maximum atomic E-state index is 12.4. The van der Waals surface area contributed by atoms with Gasteiger partial charge in [-0.25, -0.2) is 5.43 Å². The predicted molar refractivity (Wildman–Crippen MR) is 103 cm³/mol. The van der Waals surface area contributed by atoms with Crippen LogP contribution >= 0.6 is 0 Å². The second-order valence-corrected chi connectivity index (χ2v) is 5.83. The van der Waals surface area contributed by atoms with E-state index in [0.29, 0.717) is 17.9 Å². The highest BCUT2D eigenvalue weighted by molar-refractivity contribution is 5.97. The number of nitrogens with zero attached hydrogens (tertiary/aromatic N) is 1. The minimum atomic E-state index is -0.307. The van der Waals surface area contributed by atoms with E-state index in [0.717, 1.165) is 16.7 Å². The number of amides is 1. The number of hydrogen-bond acceptors (Lipinski definition) is 3. The lowest BCUT2D eigenvalue weighted by atomic mass is 10.1. The van der Waals surface area contributed by atoms with Gasteiger partial charge in [0.05, 0.1) is 11.8 Å². The highest BCUT2D eigenvalue weighted by Gasteiger charge is 2.11. The zero-order valence-electron chi connectivity index (χ0n) is 14.6. The maximum absolute atomic E-state index is 12.4. The fourth-order valence-corrected chi connectivity index (χ4v) is 2.47. The molecule has 1 amide bonds. The number of carbonyl (C=O) groups is 1. The third kappa shape index (κ3) is 4.57. The number of para-hydroxylation sites is 1. The Kier molecular flexibility index (Phi) is 5.78. The van der Waals surface area contributed by atoms with Crippen LogP contribution in [-0.4, -0.2) is 12.1 Å². The summed E-state index contributed by atoms with van der Waals surface area (Å²) >= 11 is 0. The van der Waals surface area contributed by atoms with Gasteiger partial charge in [0.1, 0.15) is 12.4 Å². The summed E-state index contributed by atoms with van der Waals surface area (Å²) in [7, 11) is 0. The summed E-state index contributed by atoms with van der Waals surface area (Å²) in [6, 6.07) is 24.8. The summed E-state index contributed by atoms with van der Waals surface area (Å²) in [5, 5.41) is 4.06. The van der Waals surface area contributed by atoms with Crippen molar-refractivity contribution in [1.82, 2.24) is 5.43 Å². The summed E-state index contributed by atoms with van der Waals surface area (Å²) in [4.78, 5) is 12.4. The van der Waals surface area contributed by atoms with E-state index >= 15 is 0 Å². The molecule has 130 valence electrons. The molecule has 3 aromatic carbocycles. The minimum Gasteiger partial charge on any atom is -0.488 e. The number of rotatable bonds is 6. The Morgan fingerprint density at radius 3 is 2.46 bits per heavy atom. The Labute approximate surface area is 153 Å². The van der Waals surface area contributed by atoms with Gasteiger partial charge in [-0.15, -0.1) is 0 Å². The molecule has 1 N–H and O–H groups in total. The average molecular weight is 344 g/mol. The van der Waals surface area contributed by atoms with Crippen LogP contribution in [0.4, 0.5) is 0 Å². The molecule has 0 aliphatic heterocycles. The van der Waals surface area contributed by atoms with Crippen LogP contribution in [0.3, 0.4) is 0 Å². The molecule has 0 atom stereocenters. The van der Waals surface area contributed by atoms with Gasteiger partial charge in [-0.05, 0) is 35.7 Å². The molecular formula is C22H20N2O2. The van der Waals surface area contributed by atoms with Crippen molar-refractivity contribution in [1.29, 1.82) is 0 Å². The number of ether oxygens (including phenoxy) is 1. The largest absolute Gasteiger partial charge is 0.488 e. The topological polar surface area (TPSA) is 50.7 Å². The summed E-state index contributed by atoms with van der Waals surface area (Å²) in [6.07, 6.45) is 1.64. The first-order valence-electron chi connectivity index (χ1n) is 8.39. The van der Waals surface area contributed by atoms with E-state index in [9.17, 15) is 4.79 Å². The molecule has 0 aromatic heterocycles. The van der Waals surface area contributed by atoms with E-state index in [1.165, 1.54) is 0 Å². The van der Waals surface area contributed by atoms with Crippen LogP contribution in [0.2, 0.25) is 0 Å². The van der Waals surface area contributed by atoms with Crippen LogP contribution < -0.4 is 10.2 Å². The van der Waals surface area contributed by atoms with Crippen molar-refractivity contribution in [3.8, 4) is 5.75 Å². The Morgan fingerprint density at radius 1 is 0.962 bits per heavy atom. The van der Waals surface area contributed by atoms with Crippen molar-refractivity contribution in [2.45, 2.75) is 13.5 Å². The van der Waals surface area contributed by atoms with Gasteiger partial charge >= 0.3 is 0 Å². The van der Waals surface area contributed by atoms with E-state index < -0.39 is 0 Å². The quantitative estimate of drug-likeness (QED) is 0.534. The maximum Gasteiger partial charge on any atom is 0.275 e. The monoisotopic (exact) mass is 344 g/mol. The van der Waals surface area contributed by atoms with Crippen LogP contribution in [0.1, 0.15) is 27.0 Å². The molecule has 0 aliphatic rings. The van der Waals surface area contributed by atoms with Crippen LogP contribution in [0, 0.1) is 6.92 Å². The molecule has 3 rings (SSSR count). The molecule has 3 aromatic rings.